The van der Waals surface area contributed by atoms with Crippen molar-refractivity contribution in [2.45, 2.75) is 6.18 Å². The molecular weight excluding hydrogens is 299 g/mol. The minimum Gasteiger partial charge on any atom is -0.443 e. The minimum atomic E-state index is -4.47. The molecule has 110 valence electrons. The monoisotopic (exact) mass is 305 g/mol. The predicted molar refractivity (Wildman–Crippen MR) is 67.0 cm³/mol. The van der Waals surface area contributed by atoms with Gasteiger partial charge in [-0.15, -0.1) is 5.10 Å². The molecular formula is C13H6F3N5O. The van der Waals surface area contributed by atoms with E-state index in [9.17, 15) is 13.2 Å². The Bertz CT molecular complexity index is 859. The van der Waals surface area contributed by atoms with Gasteiger partial charge in [0, 0.05) is 5.56 Å². The van der Waals surface area contributed by atoms with Crippen LogP contribution < -0.4 is 0 Å². The van der Waals surface area contributed by atoms with Gasteiger partial charge in [-0.05, 0) is 12.1 Å². The maximum absolute atomic E-state index is 12.8. The lowest BCUT2D eigenvalue weighted by molar-refractivity contribution is -0.137. The largest absolute Gasteiger partial charge is 0.443 e. The zero-order chi connectivity index (χ0) is 15.7. The number of hydrogen-bond acceptors (Lipinski definition) is 5. The second-order valence-corrected chi connectivity index (χ2v) is 4.24. The molecule has 0 aliphatic heterocycles. The van der Waals surface area contributed by atoms with Crippen molar-refractivity contribution < 1.29 is 17.6 Å². The highest BCUT2D eigenvalue weighted by molar-refractivity contribution is 5.76. The molecule has 0 aliphatic carbocycles. The Balaban J connectivity index is 2.12. The van der Waals surface area contributed by atoms with Gasteiger partial charge in [-0.1, -0.05) is 12.1 Å². The zero-order valence-electron chi connectivity index (χ0n) is 10.7. The Morgan fingerprint density at radius 3 is 2.73 bits per heavy atom. The first-order chi connectivity index (χ1) is 10.5. The average Bonchev–Trinajstić information content (AvgIpc) is 3.14. The number of aromatic nitrogens is 4. The number of benzene rings is 1. The van der Waals surface area contributed by atoms with Gasteiger partial charge in [0.1, 0.15) is 11.8 Å². The van der Waals surface area contributed by atoms with E-state index >= 15 is 0 Å². The number of aromatic amines is 1. The molecule has 2 aromatic heterocycles. The molecule has 1 N–H and O–H groups in total. The molecule has 0 aliphatic rings. The second kappa shape index (κ2) is 5.00. The van der Waals surface area contributed by atoms with Crippen LogP contribution in [0.15, 0.2) is 35.1 Å². The van der Waals surface area contributed by atoms with E-state index in [2.05, 4.69) is 20.4 Å². The SMILES string of the molecule is N#Cc1n[nH]nc1-c1ncoc1-c1cccc(C(F)(F)F)c1. The number of hydrogen-bond donors (Lipinski definition) is 1. The molecule has 0 bridgehead atoms. The maximum Gasteiger partial charge on any atom is 0.416 e. The third-order valence-electron chi connectivity index (χ3n) is 2.90. The lowest BCUT2D eigenvalue weighted by Gasteiger charge is -2.07. The van der Waals surface area contributed by atoms with E-state index in [1.165, 1.54) is 12.1 Å². The smallest absolute Gasteiger partial charge is 0.416 e. The van der Waals surface area contributed by atoms with Crippen LogP contribution in [0.2, 0.25) is 0 Å². The Hall–Kier alpha value is -3.15. The fourth-order valence-corrected chi connectivity index (χ4v) is 1.93. The van der Waals surface area contributed by atoms with E-state index in [1.54, 1.807) is 0 Å². The molecule has 6 nitrogen and oxygen atoms in total. The van der Waals surface area contributed by atoms with E-state index in [0.717, 1.165) is 18.5 Å². The van der Waals surface area contributed by atoms with Gasteiger partial charge in [-0.25, -0.2) is 4.98 Å². The van der Waals surface area contributed by atoms with Crippen molar-refractivity contribution in [1.29, 1.82) is 5.26 Å². The molecule has 0 atom stereocenters. The third kappa shape index (κ3) is 2.31. The first-order valence-electron chi connectivity index (χ1n) is 5.93. The fourth-order valence-electron chi connectivity index (χ4n) is 1.93. The molecule has 0 spiro atoms. The van der Waals surface area contributed by atoms with Gasteiger partial charge >= 0.3 is 6.18 Å². The lowest BCUT2D eigenvalue weighted by atomic mass is 10.1. The second-order valence-electron chi connectivity index (χ2n) is 4.24. The summed E-state index contributed by atoms with van der Waals surface area (Å²) in [6.07, 6.45) is -3.40. The number of nitriles is 1. The average molecular weight is 305 g/mol. The van der Waals surface area contributed by atoms with Crippen LogP contribution in [-0.4, -0.2) is 20.4 Å². The standard InChI is InChI=1S/C13H6F3N5O/c14-13(15,16)8-3-1-2-7(4-8)12-11(18-6-22-12)10-9(5-17)19-21-20-10/h1-4,6H,(H,19,20,21). The van der Waals surface area contributed by atoms with Crippen LogP contribution in [0.3, 0.4) is 0 Å². The predicted octanol–water partition coefficient (Wildman–Crippen LogP) is 3.02. The Kier molecular flexibility index (Phi) is 3.14. The summed E-state index contributed by atoms with van der Waals surface area (Å²) < 4.78 is 43.5. The number of alkyl halides is 3. The molecule has 0 fully saturated rings. The molecule has 1 aromatic carbocycles. The zero-order valence-corrected chi connectivity index (χ0v) is 10.7. The van der Waals surface area contributed by atoms with Crippen LogP contribution in [0, 0.1) is 11.3 Å². The maximum atomic E-state index is 12.8. The minimum absolute atomic E-state index is 0.0258. The molecule has 3 aromatic rings. The van der Waals surface area contributed by atoms with Gasteiger partial charge < -0.3 is 4.42 Å². The van der Waals surface area contributed by atoms with Gasteiger partial charge in [-0.2, -0.15) is 28.7 Å². The van der Waals surface area contributed by atoms with Crippen LogP contribution in [-0.2, 0) is 6.18 Å². The molecule has 0 saturated heterocycles. The van der Waals surface area contributed by atoms with Crippen molar-refractivity contribution >= 4 is 0 Å². The molecule has 0 amide bonds. The Labute approximate surface area is 121 Å². The molecule has 3 rings (SSSR count). The topological polar surface area (TPSA) is 91.4 Å². The third-order valence-corrected chi connectivity index (χ3v) is 2.90. The summed E-state index contributed by atoms with van der Waals surface area (Å²) in [6.45, 7) is 0. The molecule has 0 saturated carbocycles. The molecule has 0 radical (unpaired) electrons. The summed E-state index contributed by atoms with van der Waals surface area (Å²) >= 11 is 0. The van der Waals surface area contributed by atoms with Gasteiger partial charge in [0.25, 0.3) is 0 Å². The number of rotatable bonds is 2. The highest BCUT2D eigenvalue weighted by atomic mass is 19.4. The number of H-pyrrole nitrogens is 1. The summed E-state index contributed by atoms with van der Waals surface area (Å²) in [5.74, 6) is 0.0801. The summed E-state index contributed by atoms with van der Waals surface area (Å²) in [6, 6.07) is 6.42. The summed E-state index contributed by atoms with van der Waals surface area (Å²) in [7, 11) is 0. The van der Waals surface area contributed by atoms with E-state index in [1.807, 2.05) is 6.07 Å². The van der Waals surface area contributed by atoms with Crippen molar-refractivity contribution in [3.8, 4) is 28.8 Å². The number of halogens is 3. The van der Waals surface area contributed by atoms with Crippen LogP contribution in [0.25, 0.3) is 22.7 Å². The van der Waals surface area contributed by atoms with Crippen molar-refractivity contribution in [3.05, 3.63) is 41.9 Å². The molecule has 9 heteroatoms. The van der Waals surface area contributed by atoms with Crippen LogP contribution in [0.4, 0.5) is 13.2 Å². The summed E-state index contributed by atoms with van der Waals surface area (Å²) in [5.41, 5.74) is -0.405. The van der Waals surface area contributed by atoms with Crippen molar-refractivity contribution in [3.63, 3.8) is 0 Å². The molecule has 2 heterocycles. The summed E-state index contributed by atoms with van der Waals surface area (Å²) in [4.78, 5) is 3.91. The molecule has 0 unspecified atom stereocenters. The molecule has 22 heavy (non-hydrogen) atoms. The van der Waals surface area contributed by atoms with Crippen LogP contribution in [0.5, 0.6) is 0 Å². The normalized spacial score (nSPS) is 11.4. The van der Waals surface area contributed by atoms with Crippen LogP contribution in [0.1, 0.15) is 11.3 Å². The van der Waals surface area contributed by atoms with Gasteiger partial charge in [0.2, 0.25) is 0 Å². The number of nitrogens with one attached hydrogen (secondary N) is 1. The first-order valence-corrected chi connectivity index (χ1v) is 5.93. The van der Waals surface area contributed by atoms with Crippen molar-refractivity contribution in [2.24, 2.45) is 0 Å². The number of nitrogens with zero attached hydrogens (tertiary/aromatic N) is 4. The van der Waals surface area contributed by atoms with Crippen LogP contribution >= 0.6 is 0 Å². The number of oxazole rings is 1. The van der Waals surface area contributed by atoms with E-state index < -0.39 is 11.7 Å². The van der Waals surface area contributed by atoms with Gasteiger partial charge in [0.05, 0.1) is 5.56 Å². The summed E-state index contributed by atoms with van der Waals surface area (Å²) in [5, 5.41) is 18.6. The lowest BCUT2D eigenvalue weighted by Crippen LogP contribution is -2.04. The highest BCUT2D eigenvalue weighted by Gasteiger charge is 2.31. The van der Waals surface area contributed by atoms with Gasteiger partial charge in [-0.3, -0.25) is 0 Å². The van der Waals surface area contributed by atoms with Crippen molar-refractivity contribution in [2.75, 3.05) is 0 Å². The quantitative estimate of drug-likeness (QED) is 0.785. The Morgan fingerprint density at radius 2 is 2.00 bits per heavy atom. The van der Waals surface area contributed by atoms with Gasteiger partial charge in [0.15, 0.2) is 23.5 Å². The van der Waals surface area contributed by atoms with E-state index in [0.29, 0.717) is 0 Å². The highest BCUT2D eigenvalue weighted by Crippen LogP contribution is 2.35. The first kappa shape index (κ1) is 13.8. The van der Waals surface area contributed by atoms with E-state index in [4.69, 9.17) is 9.68 Å². The van der Waals surface area contributed by atoms with E-state index in [-0.39, 0.29) is 28.4 Å². The fraction of sp³-hybridized carbons (Fsp3) is 0.0769. The van der Waals surface area contributed by atoms with Crippen molar-refractivity contribution in [1.82, 2.24) is 20.4 Å². The Morgan fingerprint density at radius 1 is 1.18 bits per heavy atom.